The third-order valence-electron chi connectivity index (χ3n) is 12.3. The van der Waals surface area contributed by atoms with E-state index in [9.17, 15) is 53.4 Å². The number of guanidine groups is 1. The number of hydrogen-bond donors (Lipinski definition) is 10. The molecule has 1 aromatic rings. The minimum atomic E-state index is -1.87. The molecule has 0 spiro atoms. The third-order valence-corrected chi connectivity index (χ3v) is 12.3. The second-order valence-corrected chi connectivity index (χ2v) is 18.6. The quantitative estimate of drug-likeness (QED) is 0.0495. The Morgan fingerprint density at radius 2 is 1.41 bits per heavy atom. The van der Waals surface area contributed by atoms with Gasteiger partial charge in [-0.2, -0.15) is 0 Å². The van der Waals surface area contributed by atoms with Crippen LogP contribution in [0.25, 0.3) is 0 Å². The summed E-state index contributed by atoms with van der Waals surface area (Å²) in [6, 6.07) is -0.00974. The number of likely N-dealkylation sites (N-methyl/N-ethyl adjacent to an activating group) is 1. The van der Waals surface area contributed by atoms with Crippen LogP contribution in [0, 0.1) is 23.7 Å². The van der Waals surface area contributed by atoms with Crippen LogP contribution in [0.1, 0.15) is 93.1 Å². The lowest BCUT2D eigenvalue weighted by molar-refractivity contribution is -0.146. The zero-order valence-corrected chi connectivity index (χ0v) is 42.5. The van der Waals surface area contributed by atoms with E-state index >= 15 is 0 Å². The van der Waals surface area contributed by atoms with Crippen LogP contribution in [0.5, 0.6) is 0 Å². The van der Waals surface area contributed by atoms with Crippen LogP contribution in [-0.4, -0.2) is 143 Å². The van der Waals surface area contributed by atoms with Gasteiger partial charge in [-0.05, 0) is 64.4 Å². The molecule has 1 aromatic carbocycles. The van der Waals surface area contributed by atoms with Crippen molar-refractivity contribution in [3.05, 3.63) is 59.7 Å². The van der Waals surface area contributed by atoms with Crippen molar-refractivity contribution >= 4 is 59.2 Å². The second kappa shape index (κ2) is 29.4. The van der Waals surface area contributed by atoms with Crippen LogP contribution in [0.3, 0.4) is 0 Å². The van der Waals surface area contributed by atoms with E-state index in [-0.39, 0.29) is 56.1 Å². The highest BCUT2D eigenvalue weighted by Crippen LogP contribution is 2.19. The molecular weight excluding hydrogens is 921 g/mol. The number of carboxylic acids is 2. The summed E-state index contributed by atoms with van der Waals surface area (Å²) in [6.07, 6.45) is 4.80. The maximum atomic E-state index is 14.4. The van der Waals surface area contributed by atoms with Crippen LogP contribution in [0.2, 0.25) is 0 Å². The molecule has 11 atom stereocenters. The van der Waals surface area contributed by atoms with Gasteiger partial charge in [0.1, 0.15) is 36.3 Å². The summed E-state index contributed by atoms with van der Waals surface area (Å²) in [7, 11) is 2.93. The lowest BCUT2D eigenvalue weighted by atomic mass is 9.94. The van der Waals surface area contributed by atoms with Crippen LogP contribution >= 0.6 is 0 Å². The summed E-state index contributed by atoms with van der Waals surface area (Å²) in [5, 5.41) is 35.7. The molecule has 1 unspecified atom stereocenters. The third kappa shape index (κ3) is 20.2. The SMILES string of the molecule is CO[C@@H](Cc1ccccc1)[C@@H](C)/C=C(C)/C=C/[C@@H]1NC(=O)[C@H](CCCN=C(N)N)NC(=O)[C@@H](C)[C@H](C(=O)O)NC(=O)[C@H](CC(C)C)NC(=O)[C@@H](C)NC(=O)C(C)N(C)C(=O)CC[C@H](C(=O)O)NC(=O)[C@H]1C. The van der Waals surface area contributed by atoms with E-state index in [1.807, 2.05) is 43.3 Å². The number of nitrogens with zero attached hydrogens (tertiary/aromatic N) is 2. The van der Waals surface area contributed by atoms with Crippen molar-refractivity contribution in [1.82, 2.24) is 36.8 Å². The fourth-order valence-corrected chi connectivity index (χ4v) is 7.61. The molecule has 1 heterocycles. The summed E-state index contributed by atoms with van der Waals surface area (Å²) in [5.41, 5.74) is 12.8. The molecule has 12 N–H and O–H groups in total. The monoisotopic (exact) mass is 997 g/mol. The molecule has 1 aliphatic heterocycles. The number of aliphatic imine (C=N–C) groups is 1. The van der Waals surface area contributed by atoms with E-state index in [1.165, 1.54) is 40.8 Å². The van der Waals surface area contributed by atoms with Gasteiger partial charge in [-0.15, -0.1) is 0 Å². The summed E-state index contributed by atoms with van der Waals surface area (Å²) < 4.78 is 5.82. The Kier molecular flexibility index (Phi) is 24.9. The molecule has 1 saturated heterocycles. The van der Waals surface area contributed by atoms with Crippen LogP contribution < -0.4 is 43.4 Å². The van der Waals surface area contributed by atoms with Crippen molar-refractivity contribution in [2.75, 3.05) is 20.7 Å². The molecule has 0 saturated carbocycles. The van der Waals surface area contributed by atoms with Crippen LogP contribution in [0.15, 0.2) is 59.1 Å². The number of nitrogens with two attached hydrogens (primary N) is 2. The normalized spacial score (nSPS) is 26.4. The molecule has 0 aliphatic carbocycles. The Hall–Kier alpha value is -6.84. The second-order valence-electron chi connectivity index (χ2n) is 18.6. The van der Waals surface area contributed by atoms with Crippen molar-refractivity contribution in [2.45, 2.75) is 142 Å². The van der Waals surface area contributed by atoms with Gasteiger partial charge in [0.05, 0.1) is 24.0 Å². The number of carbonyl (C=O) groups excluding carboxylic acids is 7. The Balaban J connectivity index is 2.73. The van der Waals surface area contributed by atoms with E-state index < -0.39 is 114 Å². The number of benzene rings is 1. The summed E-state index contributed by atoms with van der Waals surface area (Å²) in [6.45, 7) is 12.7. The Bertz CT molecular complexity index is 2110. The largest absolute Gasteiger partial charge is 0.480 e. The first kappa shape index (κ1) is 60.3. The fraction of sp³-hybridized carbons (Fsp3) is 0.592. The minimum absolute atomic E-state index is 0.0237. The average Bonchev–Trinajstić information content (AvgIpc) is 3.31. The number of carboxylic acid groups (broad SMARTS) is 2. The predicted octanol–water partition coefficient (Wildman–Crippen LogP) is 0.493. The van der Waals surface area contributed by atoms with Crippen molar-refractivity contribution in [3.8, 4) is 0 Å². The van der Waals surface area contributed by atoms with E-state index in [0.717, 1.165) is 10.5 Å². The maximum absolute atomic E-state index is 14.4. The lowest BCUT2D eigenvalue weighted by Gasteiger charge is -2.28. The van der Waals surface area contributed by atoms with Gasteiger partial charge in [-0.3, -0.25) is 38.6 Å². The molecule has 394 valence electrons. The maximum Gasteiger partial charge on any atom is 0.327 e. The predicted molar refractivity (Wildman–Crippen MR) is 265 cm³/mol. The standard InChI is InChI=1S/C49H76N10O12/c1-26(2)23-37-46(66)58-40(48(69)70)30(6)42(62)55-35(17-14-22-52-49(50)51)45(65)54-34(19-18-27(3)24-28(4)38(71-10)25-33-15-12-11-13-16-33)29(5)41(61)56-36(47(67)68)20-21-39(60)59(9)32(8)44(64)53-31(7)43(63)57-37/h11-13,15-16,18-19,24,26,28-32,34-38,40H,14,17,20-23,25H2,1-10H3,(H,53,64)(H,54,65)(H,55,62)(H,56,61)(H,57,63)(H,58,66)(H,67,68)(H,69,70)(H4,50,51,52)/b19-18+,27-24+/t28-,29-,30-,31+,32?,34-,35-,36+,37-,38-,40+/m0/s1. The first-order valence-electron chi connectivity index (χ1n) is 23.8. The van der Waals surface area contributed by atoms with E-state index in [2.05, 4.69) is 36.9 Å². The molecule has 7 amide bonds. The van der Waals surface area contributed by atoms with Gasteiger partial charge < -0.3 is 63.2 Å². The molecule has 0 radical (unpaired) electrons. The highest BCUT2D eigenvalue weighted by Gasteiger charge is 2.37. The summed E-state index contributed by atoms with van der Waals surface area (Å²) in [4.78, 5) is 126. The number of nitrogens with one attached hydrogen (secondary N) is 6. The van der Waals surface area contributed by atoms with E-state index in [4.69, 9.17) is 16.2 Å². The van der Waals surface area contributed by atoms with Crippen molar-refractivity contribution < 1.29 is 58.1 Å². The Labute approximate surface area is 416 Å². The summed E-state index contributed by atoms with van der Waals surface area (Å²) in [5.74, 6) is -12.1. The highest BCUT2D eigenvalue weighted by molar-refractivity contribution is 5.97. The molecule has 22 heteroatoms. The molecule has 2 rings (SSSR count). The van der Waals surface area contributed by atoms with Crippen molar-refractivity contribution in [3.63, 3.8) is 0 Å². The van der Waals surface area contributed by atoms with Crippen LogP contribution in [0.4, 0.5) is 0 Å². The van der Waals surface area contributed by atoms with Gasteiger partial charge in [0.25, 0.3) is 0 Å². The number of allylic oxidation sites excluding steroid dienone is 2. The van der Waals surface area contributed by atoms with Crippen molar-refractivity contribution in [2.24, 2.45) is 40.1 Å². The first-order chi connectivity index (χ1) is 33.3. The van der Waals surface area contributed by atoms with Gasteiger partial charge >= 0.3 is 11.9 Å². The molecule has 1 aliphatic rings. The molecule has 0 aromatic heterocycles. The molecule has 0 bridgehead atoms. The number of amides is 7. The Morgan fingerprint density at radius 3 is 1.99 bits per heavy atom. The summed E-state index contributed by atoms with van der Waals surface area (Å²) >= 11 is 0. The van der Waals surface area contributed by atoms with E-state index in [0.29, 0.717) is 12.0 Å². The van der Waals surface area contributed by atoms with Gasteiger partial charge in [-0.25, -0.2) is 9.59 Å². The zero-order chi connectivity index (χ0) is 53.7. The highest BCUT2D eigenvalue weighted by atomic mass is 16.5. The average molecular weight is 997 g/mol. The molecular formula is C49H76N10O12. The van der Waals surface area contributed by atoms with Crippen LogP contribution in [-0.2, 0) is 54.3 Å². The number of rotatable bonds is 15. The number of ether oxygens (including phenoxy) is 1. The smallest absolute Gasteiger partial charge is 0.327 e. The number of aliphatic carboxylic acids is 2. The molecule has 22 nitrogen and oxygen atoms in total. The number of carbonyl (C=O) groups is 9. The number of methoxy groups -OCH3 is 1. The lowest BCUT2D eigenvalue weighted by Crippen LogP contribution is -2.59. The topological polar surface area (TPSA) is 343 Å². The zero-order valence-electron chi connectivity index (χ0n) is 42.5. The van der Waals surface area contributed by atoms with Crippen molar-refractivity contribution in [1.29, 1.82) is 0 Å². The Morgan fingerprint density at radius 1 is 0.803 bits per heavy atom. The number of hydrogen-bond acceptors (Lipinski definition) is 11. The first-order valence-corrected chi connectivity index (χ1v) is 23.8. The fourth-order valence-electron chi connectivity index (χ4n) is 7.61. The minimum Gasteiger partial charge on any atom is -0.480 e. The van der Waals surface area contributed by atoms with Gasteiger partial charge in [-0.1, -0.05) is 88.8 Å². The van der Waals surface area contributed by atoms with Gasteiger partial charge in [0.15, 0.2) is 5.96 Å². The molecule has 1 fully saturated rings. The van der Waals surface area contributed by atoms with Gasteiger partial charge in [0, 0.05) is 33.0 Å². The molecule has 71 heavy (non-hydrogen) atoms. The van der Waals surface area contributed by atoms with Gasteiger partial charge in [0.2, 0.25) is 41.4 Å². The van der Waals surface area contributed by atoms with E-state index in [1.54, 1.807) is 34.0 Å².